The number of hydrogen-bond donors (Lipinski definition) is 0. The third kappa shape index (κ3) is 36.4. The molecule has 0 saturated carbocycles. The molecule has 0 aliphatic carbocycles. The SMILES string of the molecule is CCCCCCCC[B-](CCCCCCCC)(CCCCCCCC)CCCCCCCC.CCC[PH2+]CC(C)CCC(CC)CCC.c1ccc(-c2ccccc2)cc1. The van der Waals surface area contributed by atoms with Crippen LogP contribution in [-0.2, 0) is 0 Å². The van der Waals surface area contributed by atoms with E-state index < -0.39 is 0 Å². The Kier molecular flexibility index (Phi) is 45.1. The second kappa shape index (κ2) is 45.9. The summed E-state index contributed by atoms with van der Waals surface area (Å²) < 4.78 is 0. The average molecular weight is 849 g/mol. The zero-order valence-corrected chi connectivity index (χ0v) is 43.7. The highest BCUT2D eigenvalue weighted by atomic mass is 31.1. The molecule has 0 radical (unpaired) electrons. The van der Waals surface area contributed by atoms with Crippen molar-refractivity contribution in [3.8, 4) is 11.1 Å². The van der Waals surface area contributed by atoms with Crippen molar-refractivity contribution < 1.29 is 0 Å². The van der Waals surface area contributed by atoms with Crippen LogP contribution in [0.2, 0.25) is 25.3 Å². The van der Waals surface area contributed by atoms with Crippen molar-refractivity contribution in [2.24, 2.45) is 11.8 Å². The molecule has 3 atom stereocenters. The number of hydrogen-bond acceptors (Lipinski definition) is 0. The lowest BCUT2D eigenvalue weighted by Gasteiger charge is -2.41. The highest BCUT2D eigenvalue weighted by Gasteiger charge is 2.23. The first kappa shape index (κ1) is 58.9. The highest BCUT2D eigenvalue weighted by Crippen LogP contribution is 2.35. The lowest BCUT2D eigenvalue weighted by molar-refractivity contribution is 0.389. The summed E-state index contributed by atoms with van der Waals surface area (Å²) in [4.78, 5) is 0. The first-order valence-electron chi connectivity index (χ1n) is 27.6. The van der Waals surface area contributed by atoms with E-state index in [1.165, 1.54) is 216 Å². The molecule has 0 aliphatic heterocycles. The van der Waals surface area contributed by atoms with Crippen molar-refractivity contribution in [1.82, 2.24) is 0 Å². The van der Waals surface area contributed by atoms with Gasteiger partial charge in [-0.3, -0.25) is 0 Å². The smallest absolute Gasteiger partial charge is 0.0574 e. The van der Waals surface area contributed by atoms with E-state index in [0.29, 0.717) is 0 Å². The van der Waals surface area contributed by atoms with E-state index in [9.17, 15) is 0 Å². The van der Waals surface area contributed by atoms with Crippen molar-refractivity contribution in [2.45, 2.75) is 273 Å². The van der Waals surface area contributed by atoms with Crippen LogP contribution in [-0.4, -0.2) is 18.5 Å². The predicted molar refractivity (Wildman–Crippen MR) is 287 cm³/mol. The maximum atomic E-state index is 2.46. The minimum absolute atomic E-state index is 0.104. The van der Waals surface area contributed by atoms with Gasteiger partial charge in [0.1, 0.15) is 0 Å². The van der Waals surface area contributed by atoms with Crippen LogP contribution in [0.4, 0.5) is 0 Å². The van der Waals surface area contributed by atoms with Crippen molar-refractivity contribution in [3.05, 3.63) is 60.7 Å². The van der Waals surface area contributed by atoms with Crippen LogP contribution < -0.4 is 0 Å². The molecular weight excluding hydrogens is 738 g/mol. The summed E-state index contributed by atoms with van der Waals surface area (Å²) >= 11 is 0. The third-order valence-electron chi connectivity index (χ3n) is 14.0. The molecule has 350 valence electrons. The normalized spacial score (nSPS) is 12.5. The van der Waals surface area contributed by atoms with Crippen LogP contribution >= 0.6 is 8.58 Å². The second-order valence-electron chi connectivity index (χ2n) is 19.7. The molecule has 0 amide bonds. The summed E-state index contributed by atoms with van der Waals surface area (Å²) in [5, 5.41) is 0. The van der Waals surface area contributed by atoms with Gasteiger partial charge in [-0.05, 0) is 44.4 Å². The van der Waals surface area contributed by atoms with Crippen LogP contribution in [0.15, 0.2) is 60.7 Å². The summed E-state index contributed by atoms with van der Waals surface area (Å²) in [6, 6.07) is 20.8. The van der Waals surface area contributed by atoms with Crippen molar-refractivity contribution in [2.75, 3.05) is 12.3 Å². The molecule has 0 nitrogen and oxygen atoms in total. The average Bonchev–Trinajstić information content (AvgIpc) is 3.28. The number of unbranched alkanes of at least 4 members (excludes halogenated alkanes) is 20. The van der Waals surface area contributed by atoms with Gasteiger partial charge in [-0.1, -0.05) is 296 Å². The van der Waals surface area contributed by atoms with Crippen molar-refractivity contribution in [1.29, 1.82) is 0 Å². The summed E-state index contributed by atoms with van der Waals surface area (Å²) in [6.45, 7) is 18.8. The summed E-state index contributed by atoms with van der Waals surface area (Å²) in [5.41, 5.74) is 2.55. The molecule has 0 saturated heterocycles. The fraction of sp³-hybridized carbons (Fsp3) is 0.793. The first-order chi connectivity index (χ1) is 29.4. The standard InChI is InChI=1S/C32H68B.C14H31P.C12H10/c1-5-9-13-17-21-25-29-33(30-26-22-18-14-10-6-2,31-27-23-19-15-11-7-3)32-28-24-20-16-12-8-4;1-5-8-14(7-3)10-9-13(4)12-15-11-6-2;1-3-7-11(8-4-1)12-9-5-2-6-10-12/h5-32H2,1-4H3;13-15H,5-12H2,1-4H3;1-10H/q-1;;/p+1. The topological polar surface area (TPSA) is 0 Å². The molecule has 0 aromatic heterocycles. The van der Waals surface area contributed by atoms with Gasteiger partial charge in [-0.2, -0.15) is 25.3 Å². The van der Waals surface area contributed by atoms with Crippen molar-refractivity contribution >= 4 is 14.7 Å². The van der Waals surface area contributed by atoms with Gasteiger partial charge < -0.3 is 0 Å². The molecule has 0 spiro atoms. The molecule has 0 heterocycles. The Morgan fingerprint density at radius 1 is 0.383 bits per heavy atom. The molecule has 0 N–H and O–H groups in total. The number of benzene rings is 2. The van der Waals surface area contributed by atoms with Crippen LogP contribution in [0.3, 0.4) is 0 Å². The van der Waals surface area contributed by atoms with E-state index >= 15 is 0 Å². The maximum absolute atomic E-state index is 2.46. The van der Waals surface area contributed by atoms with E-state index in [4.69, 9.17) is 0 Å². The lowest BCUT2D eigenvalue weighted by atomic mass is 9.17. The Labute approximate surface area is 382 Å². The number of rotatable bonds is 39. The van der Waals surface area contributed by atoms with Gasteiger partial charge in [-0.25, -0.2) is 0 Å². The molecule has 2 heteroatoms. The molecule has 0 fully saturated rings. The van der Waals surface area contributed by atoms with Crippen LogP contribution in [0.5, 0.6) is 0 Å². The monoisotopic (exact) mass is 849 g/mol. The Balaban J connectivity index is 0.00000104. The molecule has 0 bridgehead atoms. The Morgan fingerprint density at radius 2 is 0.733 bits per heavy atom. The Hall–Kier alpha value is -1.07. The Morgan fingerprint density at radius 3 is 1.05 bits per heavy atom. The lowest BCUT2D eigenvalue weighted by Crippen LogP contribution is -2.34. The third-order valence-corrected chi connectivity index (χ3v) is 16.1. The van der Waals surface area contributed by atoms with Crippen LogP contribution in [0.1, 0.15) is 248 Å². The van der Waals surface area contributed by atoms with Gasteiger partial charge in [0.2, 0.25) is 0 Å². The van der Waals surface area contributed by atoms with Gasteiger partial charge in [-0.15, -0.1) is 0 Å². The van der Waals surface area contributed by atoms with Gasteiger partial charge in [0, 0.05) is 6.15 Å². The largest absolute Gasteiger partial charge is 0.178 e. The molecule has 0 aliphatic rings. The van der Waals surface area contributed by atoms with Gasteiger partial charge in [0.05, 0.1) is 12.3 Å². The van der Waals surface area contributed by atoms with E-state index in [-0.39, 0.29) is 6.15 Å². The highest BCUT2D eigenvalue weighted by molar-refractivity contribution is 7.37. The zero-order chi connectivity index (χ0) is 44.0. The fourth-order valence-electron chi connectivity index (χ4n) is 9.76. The summed E-state index contributed by atoms with van der Waals surface area (Å²) in [7, 11) is 0.759. The minimum Gasteiger partial charge on any atom is -0.178 e. The molecule has 60 heavy (non-hydrogen) atoms. The fourth-order valence-corrected chi connectivity index (χ4v) is 11.2. The molecular formula is C58H110BP. The van der Waals surface area contributed by atoms with E-state index in [2.05, 4.69) is 104 Å². The molecule has 3 unspecified atom stereocenters. The van der Waals surface area contributed by atoms with Crippen LogP contribution in [0, 0.1) is 11.8 Å². The van der Waals surface area contributed by atoms with Crippen molar-refractivity contribution in [3.63, 3.8) is 0 Å². The van der Waals surface area contributed by atoms with E-state index in [1.807, 2.05) is 12.1 Å². The minimum atomic E-state index is -0.104. The maximum Gasteiger partial charge on any atom is 0.0574 e. The van der Waals surface area contributed by atoms with Gasteiger partial charge in [0.15, 0.2) is 0 Å². The second-order valence-corrected chi connectivity index (χ2v) is 21.4. The Bertz CT molecular complexity index is 962. The van der Waals surface area contributed by atoms with E-state index in [0.717, 1.165) is 20.4 Å². The molecule has 2 aromatic rings. The van der Waals surface area contributed by atoms with Gasteiger partial charge >= 0.3 is 0 Å². The van der Waals surface area contributed by atoms with Gasteiger partial charge in [0.25, 0.3) is 0 Å². The zero-order valence-electron chi connectivity index (χ0n) is 42.5. The van der Waals surface area contributed by atoms with Crippen LogP contribution in [0.25, 0.3) is 11.1 Å². The predicted octanol–water partition coefficient (Wildman–Crippen LogP) is 21.3. The molecule has 2 rings (SSSR count). The molecule has 2 aromatic carbocycles. The summed E-state index contributed by atoms with van der Waals surface area (Å²) in [5.74, 6) is 2.01. The first-order valence-corrected chi connectivity index (χ1v) is 29.2. The quantitative estimate of drug-likeness (QED) is 0.0357. The summed E-state index contributed by atoms with van der Waals surface area (Å²) in [6.07, 6.45) is 53.2. The van der Waals surface area contributed by atoms with E-state index in [1.54, 1.807) is 25.3 Å².